The number of amides is 1. The predicted octanol–water partition coefficient (Wildman–Crippen LogP) is 3.35. The standard InChI is InChI=1S/C16H22ClN3O/c1-4-9(2)11-6-12(7-11)20-16(21)15(18)13-8-19-14(17)5-10(13)3/h5,8-9,11-12,18H,4,6-7H2,1-3H3,(H,20,21). The average molecular weight is 308 g/mol. The third kappa shape index (κ3) is 3.62. The molecule has 1 atom stereocenters. The van der Waals surface area contributed by atoms with Crippen molar-refractivity contribution in [1.29, 1.82) is 5.41 Å². The zero-order valence-corrected chi connectivity index (χ0v) is 13.5. The predicted molar refractivity (Wildman–Crippen MR) is 84.9 cm³/mol. The zero-order valence-electron chi connectivity index (χ0n) is 12.7. The van der Waals surface area contributed by atoms with E-state index in [0.717, 1.165) is 18.4 Å². The van der Waals surface area contributed by atoms with E-state index in [0.29, 0.717) is 22.6 Å². The maximum atomic E-state index is 12.1. The Hall–Kier alpha value is -1.42. The normalized spacial score (nSPS) is 22.3. The molecule has 1 aliphatic carbocycles. The van der Waals surface area contributed by atoms with Crippen molar-refractivity contribution in [1.82, 2.24) is 10.3 Å². The van der Waals surface area contributed by atoms with Gasteiger partial charge in [0.2, 0.25) is 0 Å². The first-order valence-electron chi connectivity index (χ1n) is 7.44. The summed E-state index contributed by atoms with van der Waals surface area (Å²) >= 11 is 5.79. The van der Waals surface area contributed by atoms with E-state index in [-0.39, 0.29) is 17.7 Å². The van der Waals surface area contributed by atoms with Crippen LogP contribution in [0.15, 0.2) is 12.3 Å². The molecule has 1 aliphatic rings. The van der Waals surface area contributed by atoms with Gasteiger partial charge >= 0.3 is 0 Å². The van der Waals surface area contributed by atoms with E-state index >= 15 is 0 Å². The van der Waals surface area contributed by atoms with Gasteiger partial charge in [-0.05, 0) is 43.2 Å². The van der Waals surface area contributed by atoms with Gasteiger partial charge in [0.15, 0.2) is 0 Å². The molecule has 1 saturated carbocycles. The van der Waals surface area contributed by atoms with Crippen molar-refractivity contribution in [2.24, 2.45) is 11.8 Å². The molecule has 0 aliphatic heterocycles. The maximum absolute atomic E-state index is 12.1. The molecule has 1 fully saturated rings. The van der Waals surface area contributed by atoms with Crippen LogP contribution in [0.5, 0.6) is 0 Å². The number of aromatic nitrogens is 1. The summed E-state index contributed by atoms with van der Waals surface area (Å²) in [4.78, 5) is 16.1. The lowest BCUT2D eigenvalue weighted by Gasteiger charge is -2.39. The van der Waals surface area contributed by atoms with E-state index in [2.05, 4.69) is 24.1 Å². The van der Waals surface area contributed by atoms with Gasteiger partial charge in [-0.3, -0.25) is 10.2 Å². The number of hydrogen-bond acceptors (Lipinski definition) is 3. The van der Waals surface area contributed by atoms with Crippen molar-refractivity contribution in [2.75, 3.05) is 0 Å². The van der Waals surface area contributed by atoms with Gasteiger partial charge < -0.3 is 5.32 Å². The molecule has 1 aromatic heterocycles. The van der Waals surface area contributed by atoms with E-state index in [9.17, 15) is 4.79 Å². The van der Waals surface area contributed by atoms with E-state index in [4.69, 9.17) is 17.0 Å². The Balaban J connectivity index is 1.91. The van der Waals surface area contributed by atoms with Crippen molar-refractivity contribution in [2.45, 2.75) is 46.1 Å². The van der Waals surface area contributed by atoms with E-state index < -0.39 is 0 Å². The second-order valence-electron chi connectivity index (χ2n) is 5.98. The van der Waals surface area contributed by atoms with Gasteiger partial charge in [0, 0.05) is 17.8 Å². The first-order chi connectivity index (χ1) is 9.92. The van der Waals surface area contributed by atoms with Gasteiger partial charge in [-0.25, -0.2) is 4.98 Å². The lowest BCUT2D eigenvalue weighted by molar-refractivity contribution is -0.116. The van der Waals surface area contributed by atoms with Crippen molar-refractivity contribution in [3.8, 4) is 0 Å². The lowest BCUT2D eigenvalue weighted by atomic mass is 9.72. The van der Waals surface area contributed by atoms with Gasteiger partial charge in [0.05, 0.1) is 0 Å². The van der Waals surface area contributed by atoms with Crippen LogP contribution in [-0.2, 0) is 4.79 Å². The fourth-order valence-corrected chi connectivity index (χ4v) is 2.95. The van der Waals surface area contributed by atoms with Gasteiger partial charge in [0.1, 0.15) is 10.9 Å². The van der Waals surface area contributed by atoms with E-state index in [1.165, 1.54) is 12.6 Å². The highest BCUT2D eigenvalue weighted by Crippen LogP contribution is 2.35. The van der Waals surface area contributed by atoms with Crippen LogP contribution in [0.2, 0.25) is 5.15 Å². The summed E-state index contributed by atoms with van der Waals surface area (Å²) in [5.41, 5.74) is 1.29. The molecule has 0 bridgehead atoms. The van der Waals surface area contributed by atoms with Crippen LogP contribution in [0, 0.1) is 24.2 Å². The number of nitrogens with one attached hydrogen (secondary N) is 2. The number of carbonyl (C=O) groups excluding carboxylic acids is 1. The number of aryl methyl sites for hydroxylation is 1. The van der Waals surface area contributed by atoms with E-state index in [1.807, 2.05) is 6.92 Å². The Bertz CT molecular complexity index is 552. The third-order valence-corrected chi connectivity index (χ3v) is 4.74. The number of hydrogen-bond donors (Lipinski definition) is 2. The lowest BCUT2D eigenvalue weighted by Crippen LogP contribution is -2.48. The Morgan fingerprint density at radius 2 is 2.24 bits per heavy atom. The molecule has 2 rings (SSSR count). The van der Waals surface area contributed by atoms with Crippen LogP contribution in [0.4, 0.5) is 0 Å². The molecule has 21 heavy (non-hydrogen) atoms. The molecular formula is C16H22ClN3O. The largest absolute Gasteiger partial charge is 0.348 e. The smallest absolute Gasteiger partial charge is 0.270 e. The minimum atomic E-state index is -0.324. The van der Waals surface area contributed by atoms with Crippen LogP contribution in [0.1, 0.15) is 44.2 Å². The van der Waals surface area contributed by atoms with Crippen LogP contribution in [0.3, 0.4) is 0 Å². The molecule has 0 saturated heterocycles. The Morgan fingerprint density at radius 1 is 1.57 bits per heavy atom. The molecule has 2 N–H and O–H groups in total. The van der Waals surface area contributed by atoms with Crippen LogP contribution in [-0.4, -0.2) is 22.6 Å². The molecule has 1 amide bonds. The average Bonchev–Trinajstić information content (AvgIpc) is 2.40. The van der Waals surface area contributed by atoms with Crippen molar-refractivity contribution >= 4 is 23.2 Å². The van der Waals surface area contributed by atoms with Crippen molar-refractivity contribution in [3.63, 3.8) is 0 Å². The Morgan fingerprint density at radius 3 is 2.81 bits per heavy atom. The Labute approximate surface area is 130 Å². The van der Waals surface area contributed by atoms with Crippen LogP contribution < -0.4 is 5.32 Å². The minimum Gasteiger partial charge on any atom is -0.348 e. The van der Waals surface area contributed by atoms with E-state index in [1.54, 1.807) is 6.07 Å². The summed E-state index contributed by atoms with van der Waals surface area (Å²) in [6.07, 6.45) is 4.71. The van der Waals surface area contributed by atoms with Gasteiger partial charge in [0.25, 0.3) is 5.91 Å². The molecule has 1 aromatic rings. The molecule has 0 aromatic carbocycles. The highest BCUT2D eigenvalue weighted by atomic mass is 35.5. The molecule has 0 radical (unpaired) electrons. The first kappa shape index (κ1) is 16.0. The van der Waals surface area contributed by atoms with Gasteiger partial charge in [-0.2, -0.15) is 0 Å². The number of nitrogens with zero attached hydrogens (tertiary/aromatic N) is 1. The molecule has 5 heteroatoms. The zero-order chi connectivity index (χ0) is 15.6. The number of pyridine rings is 1. The molecular weight excluding hydrogens is 286 g/mol. The number of halogens is 1. The van der Waals surface area contributed by atoms with Crippen molar-refractivity contribution in [3.05, 3.63) is 28.5 Å². The summed E-state index contributed by atoms with van der Waals surface area (Å²) in [7, 11) is 0. The summed E-state index contributed by atoms with van der Waals surface area (Å²) < 4.78 is 0. The highest BCUT2D eigenvalue weighted by Gasteiger charge is 2.33. The fraction of sp³-hybridized carbons (Fsp3) is 0.562. The Kier molecular flexibility index (Phi) is 4.99. The molecule has 0 spiro atoms. The number of carbonyl (C=O) groups is 1. The quantitative estimate of drug-likeness (QED) is 0.647. The maximum Gasteiger partial charge on any atom is 0.270 e. The van der Waals surface area contributed by atoms with Gasteiger partial charge in [-0.15, -0.1) is 0 Å². The second kappa shape index (κ2) is 6.56. The first-order valence-corrected chi connectivity index (χ1v) is 7.82. The summed E-state index contributed by atoms with van der Waals surface area (Å²) in [6, 6.07) is 1.87. The molecule has 1 unspecified atom stereocenters. The molecule has 1 heterocycles. The molecule has 4 nitrogen and oxygen atoms in total. The fourth-order valence-electron chi connectivity index (χ4n) is 2.74. The summed E-state index contributed by atoms with van der Waals surface area (Å²) in [5.74, 6) is 1.09. The topological polar surface area (TPSA) is 65.8 Å². The SMILES string of the molecule is CCC(C)C1CC(NC(=O)C(=N)c2cnc(Cl)cc2C)C1. The summed E-state index contributed by atoms with van der Waals surface area (Å²) in [5, 5.41) is 11.3. The van der Waals surface area contributed by atoms with Crippen LogP contribution in [0.25, 0.3) is 0 Å². The highest BCUT2D eigenvalue weighted by molar-refractivity contribution is 6.44. The van der Waals surface area contributed by atoms with Crippen LogP contribution >= 0.6 is 11.6 Å². The van der Waals surface area contributed by atoms with Crippen molar-refractivity contribution < 1.29 is 4.79 Å². The number of rotatable bonds is 5. The monoisotopic (exact) mass is 307 g/mol. The third-order valence-electron chi connectivity index (χ3n) is 4.53. The molecule has 114 valence electrons. The summed E-state index contributed by atoms with van der Waals surface area (Å²) in [6.45, 7) is 6.28. The van der Waals surface area contributed by atoms with Gasteiger partial charge in [-0.1, -0.05) is 31.9 Å². The minimum absolute atomic E-state index is 0.0383. The second-order valence-corrected chi connectivity index (χ2v) is 6.37.